The normalized spacial score (nSPS) is 11.2. The number of carbonyl (C=O) groups excluding carboxylic acids is 1. The molecule has 0 fully saturated rings. The third-order valence-electron chi connectivity index (χ3n) is 3.96. The van der Waals surface area contributed by atoms with Crippen molar-refractivity contribution >= 4 is 45.7 Å². The molecule has 0 radical (unpaired) electrons. The van der Waals surface area contributed by atoms with Crippen molar-refractivity contribution in [2.24, 2.45) is 5.10 Å². The summed E-state index contributed by atoms with van der Waals surface area (Å²) >= 11 is 2.20. The highest BCUT2D eigenvalue weighted by Crippen LogP contribution is 2.14. The zero-order valence-electron chi connectivity index (χ0n) is 14.3. The molecule has 0 unspecified atom stereocenters. The summed E-state index contributed by atoms with van der Waals surface area (Å²) in [4.78, 5) is 31.3. The van der Waals surface area contributed by atoms with Gasteiger partial charge in [0.1, 0.15) is 5.69 Å². The van der Waals surface area contributed by atoms with Gasteiger partial charge in [-0.3, -0.25) is 9.59 Å². The molecule has 0 atom stereocenters. The number of aromatic nitrogens is 2. The Morgan fingerprint density at radius 2 is 2.04 bits per heavy atom. The molecule has 0 spiro atoms. The van der Waals surface area contributed by atoms with Crippen LogP contribution in [0.3, 0.4) is 0 Å². The van der Waals surface area contributed by atoms with E-state index in [0.717, 1.165) is 20.3 Å². The van der Waals surface area contributed by atoms with Crippen molar-refractivity contribution in [2.75, 3.05) is 0 Å². The predicted octanol–water partition coefficient (Wildman–Crippen LogP) is 2.84. The van der Waals surface area contributed by atoms with Gasteiger partial charge in [0.05, 0.1) is 23.7 Å². The number of hydrogen-bond acceptors (Lipinski definition) is 4. The molecule has 7 heteroatoms. The van der Waals surface area contributed by atoms with Crippen LogP contribution in [-0.4, -0.2) is 22.1 Å². The van der Waals surface area contributed by atoms with E-state index in [4.69, 9.17) is 0 Å². The van der Waals surface area contributed by atoms with Gasteiger partial charge in [-0.1, -0.05) is 12.1 Å². The maximum atomic E-state index is 12.2. The molecular weight excluding hydrogens is 443 g/mol. The number of benzene rings is 2. The van der Waals surface area contributed by atoms with Gasteiger partial charge in [-0.2, -0.15) is 5.10 Å². The van der Waals surface area contributed by atoms with Gasteiger partial charge in [-0.15, -0.1) is 0 Å². The van der Waals surface area contributed by atoms with Crippen molar-refractivity contribution in [1.82, 2.24) is 15.4 Å². The fourth-order valence-electron chi connectivity index (χ4n) is 2.46. The van der Waals surface area contributed by atoms with E-state index < -0.39 is 5.91 Å². The Morgan fingerprint density at radius 3 is 2.81 bits per heavy atom. The van der Waals surface area contributed by atoms with Crippen molar-refractivity contribution in [3.05, 3.63) is 72.7 Å². The molecule has 0 aliphatic carbocycles. The lowest BCUT2D eigenvalue weighted by atomic mass is 10.1. The first kappa shape index (κ1) is 18.2. The van der Waals surface area contributed by atoms with Gasteiger partial charge in [-0.05, 0) is 77.4 Å². The highest BCUT2D eigenvalue weighted by atomic mass is 127. The minimum atomic E-state index is -0.395. The van der Waals surface area contributed by atoms with Gasteiger partial charge < -0.3 is 4.98 Å². The number of amides is 1. The van der Waals surface area contributed by atoms with E-state index in [1.54, 1.807) is 6.21 Å². The number of H-pyrrole nitrogens is 1. The summed E-state index contributed by atoms with van der Waals surface area (Å²) in [6, 6.07) is 11.5. The zero-order chi connectivity index (χ0) is 18.7. The summed E-state index contributed by atoms with van der Waals surface area (Å²) in [6.45, 7) is 3.95. The first-order valence-corrected chi connectivity index (χ1v) is 9.08. The largest absolute Gasteiger partial charge is 0.319 e. The summed E-state index contributed by atoms with van der Waals surface area (Å²) in [6.07, 6.45) is 1.42. The highest BCUT2D eigenvalue weighted by molar-refractivity contribution is 14.1. The van der Waals surface area contributed by atoms with Crippen LogP contribution >= 0.6 is 22.6 Å². The average Bonchev–Trinajstić information content (AvgIpc) is 2.57. The van der Waals surface area contributed by atoms with Gasteiger partial charge in [0.15, 0.2) is 0 Å². The fourth-order valence-corrected chi connectivity index (χ4v) is 3.03. The number of nitrogens with one attached hydrogen (secondary N) is 2. The lowest BCUT2D eigenvalue weighted by Crippen LogP contribution is -2.25. The standard InChI is InChI=1S/C19H17IN4O2/c1-11-6-15-16(7-12(11)2)23-19(26)17(22-15)9-18(25)24-21-10-13-4-3-5-14(20)8-13/h3-8,10H,9H2,1-2H3,(H,23,26)(H,24,25)/b21-10+. The van der Waals surface area contributed by atoms with Crippen molar-refractivity contribution in [2.45, 2.75) is 20.3 Å². The smallest absolute Gasteiger partial charge is 0.270 e. The molecule has 132 valence electrons. The molecule has 0 bridgehead atoms. The third-order valence-corrected chi connectivity index (χ3v) is 4.63. The van der Waals surface area contributed by atoms with Gasteiger partial charge in [0.2, 0.25) is 5.91 Å². The number of aryl methyl sites for hydroxylation is 2. The molecule has 1 heterocycles. The van der Waals surface area contributed by atoms with Crippen LogP contribution < -0.4 is 11.0 Å². The minimum absolute atomic E-state index is 0.137. The molecule has 0 saturated heterocycles. The Bertz CT molecular complexity index is 1070. The number of nitrogens with zero attached hydrogens (tertiary/aromatic N) is 2. The van der Waals surface area contributed by atoms with Crippen LogP contribution in [0.4, 0.5) is 0 Å². The second kappa shape index (κ2) is 7.77. The number of halogens is 1. The van der Waals surface area contributed by atoms with Crippen molar-refractivity contribution in [1.29, 1.82) is 0 Å². The Morgan fingerprint density at radius 1 is 1.27 bits per heavy atom. The highest BCUT2D eigenvalue weighted by Gasteiger charge is 2.10. The summed E-state index contributed by atoms with van der Waals surface area (Å²) in [7, 11) is 0. The Labute approximate surface area is 163 Å². The monoisotopic (exact) mass is 460 g/mol. The van der Waals surface area contributed by atoms with E-state index in [0.29, 0.717) is 11.0 Å². The quantitative estimate of drug-likeness (QED) is 0.357. The zero-order valence-corrected chi connectivity index (χ0v) is 16.5. The second-order valence-electron chi connectivity index (χ2n) is 5.99. The van der Waals surface area contributed by atoms with Gasteiger partial charge in [0.25, 0.3) is 5.56 Å². The molecular formula is C19H17IN4O2. The molecule has 0 saturated carbocycles. The first-order chi connectivity index (χ1) is 12.4. The summed E-state index contributed by atoms with van der Waals surface area (Å²) in [5.74, 6) is -0.395. The first-order valence-electron chi connectivity index (χ1n) is 8.00. The Kier molecular flexibility index (Phi) is 5.46. The van der Waals surface area contributed by atoms with E-state index in [1.807, 2.05) is 50.2 Å². The van der Waals surface area contributed by atoms with Crippen LogP contribution in [0.5, 0.6) is 0 Å². The van der Waals surface area contributed by atoms with E-state index in [9.17, 15) is 9.59 Å². The van der Waals surface area contributed by atoms with E-state index in [-0.39, 0.29) is 17.7 Å². The van der Waals surface area contributed by atoms with Crippen molar-refractivity contribution < 1.29 is 4.79 Å². The second-order valence-corrected chi connectivity index (χ2v) is 7.24. The van der Waals surface area contributed by atoms with Crippen LogP contribution in [0, 0.1) is 17.4 Å². The number of hydrazone groups is 1. The van der Waals surface area contributed by atoms with Crippen LogP contribution in [0.2, 0.25) is 0 Å². The Hall–Kier alpha value is -2.55. The fraction of sp³-hybridized carbons (Fsp3) is 0.158. The summed E-state index contributed by atoms with van der Waals surface area (Å²) in [5.41, 5.74) is 6.60. The van der Waals surface area contributed by atoms with Crippen molar-refractivity contribution in [3.8, 4) is 0 Å². The molecule has 3 aromatic rings. The maximum absolute atomic E-state index is 12.2. The van der Waals surface area contributed by atoms with E-state index in [1.165, 1.54) is 0 Å². The molecule has 6 nitrogen and oxygen atoms in total. The van der Waals surface area contributed by atoms with Crippen LogP contribution in [-0.2, 0) is 11.2 Å². The third kappa shape index (κ3) is 4.34. The predicted molar refractivity (Wildman–Crippen MR) is 110 cm³/mol. The lowest BCUT2D eigenvalue weighted by Gasteiger charge is -2.05. The molecule has 2 N–H and O–H groups in total. The Balaban J connectivity index is 1.73. The number of rotatable bonds is 4. The summed E-state index contributed by atoms with van der Waals surface area (Å²) in [5, 5.41) is 3.93. The number of carbonyl (C=O) groups is 1. The molecule has 0 aliphatic heterocycles. The van der Waals surface area contributed by atoms with Gasteiger partial charge in [0, 0.05) is 3.57 Å². The van der Waals surface area contributed by atoms with Crippen LogP contribution in [0.15, 0.2) is 46.3 Å². The summed E-state index contributed by atoms with van der Waals surface area (Å²) < 4.78 is 1.08. The van der Waals surface area contributed by atoms with Crippen LogP contribution in [0.1, 0.15) is 22.4 Å². The number of fused-ring (bicyclic) bond motifs is 1. The van der Waals surface area contributed by atoms with Gasteiger partial charge >= 0.3 is 0 Å². The van der Waals surface area contributed by atoms with Crippen LogP contribution in [0.25, 0.3) is 11.0 Å². The lowest BCUT2D eigenvalue weighted by molar-refractivity contribution is -0.120. The molecule has 2 aromatic carbocycles. The molecule has 3 rings (SSSR count). The number of aromatic amines is 1. The molecule has 1 amide bonds. The van der Waals surface area contributed by atoms with E-state index in [2.05, 4.69) is 43.1 Å². The van der Waals surface area contributed by atoms with Crippen molar-refractivity contribution in [3.63, 3.8) is 0 Å². The molecule has 0 aliphatic rings. The molecule has 1 aromatic heterocycles. The minimum Gasteiger partial charge on any atom is -0.319 e. The van der Waals surface area contributed by atoms with Gasteiger partial charge in [-0.25, -0.2) is 10.4 Å². The average molecular weight is 460 g/mol. The number of hydrogen-bond donors (Lipinski definition) is 2. The SMILES string of the molecule is Cc1cc2nc(CC(=O)N/N=C/c3cccc(I)c3)c(=O)[nH]c2cc1C. The van der Waals surface area contributed by atoms with E-state index >= 15 is 0 Å². The maximum Gasteiger partial charge on any atom is 0.270 e. The molecule has 26 heavy (non-hydrogen) atoms. The topological polar surface area (TPSA) is 87.2 Å².